The van der Waals surface area contributed by atoms with Gasteiger partial charge in [-0.3, -0.25) is 5.10 Å². The number of aryl methyl sites for hydroxylation is 1. The molecule has 1 unspecified atom stereocenters. The highest BCUT2D eigenvalue weighted by Gasteiger charge is 2.25. The third kappa shape index (κ3) is 2.74. The molecule has 6 nitrogen and oxygen atoms in total. The molecule has 0 saturated carbocycles. The van der Waals surface area contributed by atoms with E-state index in [1.165, 1.54) is 17.7 Å². The number of H-pyrrole nitrogens is 1. The van der Waals surface area contributed by atoms with Crippen molar-refractivity contribution >= 4 is 43.0 Å². The van der Waals surface area contributed by atoms with Crippen molar-refractivity contribution in [1.82, 2.24) is 19.9 Å². The quantitative estimate of drug-likeness (QED) is 0.752. The second kappa shape index (κ2) is 5.62. The normalized spacial score (nSPS) is 13.6. The lowest BCUT2D eigenvalue weighted by atomic mass is 10.2. The van der Waals surface area contributed by atoms with Crippen molar-refractivity contribution in [3.63, 3.8) is 0 Å². The topological polar surface area (TPSA) is 87.7 Å². The largest absolute Gasteiger partial charge is 0.262 e. The van der Waals surface area contributed by atoms with Crippen molar-refractivity contribution in [2.45, 2.75) is 24.8 Å². The Balaban J connectivity index is 2.05. The lowest BCUT2D eigenvalue weighted by Crippen LogP contribution is -2.27. The number of hydrogen-bond donors (Lipinski definition) is 2. The summed E-state index contributed by atoms with van der Waals surface area (Å²) in [6.07, 6.45) is 1.34. The van der Waals surface area contributed by atoms with Gasteiger partial charge in [-0.05, 0) is 32.0 Å². The van der Waals surface area contributed by atoms with Crippen molar-refractivity contribution in [3.05, 3.63) is 40.3 Å². The molecular weight excluding hydrogens is 344 g/mol. The van der Waals surface area contributed by atoms with Crippen molar-refractivity contribution < 1.29 is 8.42 Å². The van der Waals surface area contributed by atoms with E-state index in [9.17, 15) is 8.42 Å². The van der Waals surface area contributed by atoms with Gasteiger partial charge in [0, 0.05) is 20.0 Å². The van der Waals surface area contributed by atoms with Crippen LogP contribution in [0.1, 0.15) is 23.7 Å². The van der Waals surface area contributed by atoms with E-state index in [-0.39, 0.29) is 4.90 Å². The number of fused-ring (bicyclic) bond motifs is 1. The number of hydrogen-bond acceptors (Lipinski definition) is 5. The van der Waals surface area contributed by atoms with Gasteiger partial charge in [-0.15, -0.1) is 11.3 Å². The van der Waals surface area contributed by atoms with Crippen LogP contribution in [0.2, 0.25) is 5.02 Å². The number of thiophene rings is 1. The van der Waals surface area contributed by atoms with Crippen LogP contribution < -0.4 is 4.72 Å². The van der Waals surface area contributed by atoms with Gasteiger partial charge < -0.3 is 0 Å². The molecule has 0 aliphatic carbocycles. The Kier molecular flexibility index (Phi) is 3.94. The maximum atomic E-state index is 12.7. The number of aromatic nitrogens is 3. The number of nitrogens with one attached hydrogen (secondary N) is 2. The van der Waals surface area contributed by atoms with Crippen LogP contribution in [0.3, 0.4) is 0 Å². The smallest absolute Gasteiger partial charge is 0.242 e. The lowest BCUT2D eigenvalue weighted by Gasteiger charge is -2.12. The second-order valence-electron chi connectivity index (χ2n) is 4.84. The molecule has 0 fully saturated rings. The lowest BCUT2D eigenvalue weighted by molar-refractivity contribution is 0.561. The maximum absolute atomic E-state index is 12.7. The molecule has 1 atom stereocenters. The van der Waals surface area contributed by atoms with Crippen LogP contribution in [0.25, 0.3) is 10.1 Å². The first-order valence-electron chi connectivity index (χ1n) is 6.45. The Bertz CT molecular complexity index is 919. The third-order valence-corrected chi connectivity index (χ3v) is 6.39. The van der Waals surface area contributed by atoms with Crippen LogP contribution in [0, 0.1) is 6.92 Å². The molecule has 2 N–H and O–H groups in total. The predicted molar refractivity (Wildman–Crippen MR) is 86.7 cm³/mol. The van der Waals surface area contributed by atoms with Gasteiger partial charge in [0.05, 0.1) is 6.04 Å². The van der Waals surface area contributed by atoms with E-state index in [0.29, 0.717) is 16.2 Å². The molecule has 2 aromatic heterocycles. The van der Waals surface area contributed by atoms with E-state index >= 15 is 0 Å². The van der Waals surface area contributed by atoms with Crippen molar-refractivity contribution in [2.24, 2.45) is 0 Å². The highest BCUT2D eigenvalue weighted by atomic mass is 35.5. The van der Waals surface area contributed by atoms with Gasteiger partial charge in [0.2, 0.25) is 10.0 Å². The highest BCUT2D eigenvalue weighted by molar-refractivity contribution is 7.90. The Hall–Kier alpha value is -1.48. The number of benzene rings is 1. The summed E-state index contributed by atoms with van der Waals surface area (Å²) in [6.45, 7) is 3.49. The summed E-state index contributed by atoms with van der Waals surface area (Å²) in [4.78, 5) is 4.95. The first-order chi connectivity index (χ1) is 10.4. The number of nitrogens with zero attached hydrogens (tertiary/aromatic N) is 2. The Morgan fingerprint density at radius 3 is 2.86 bits per heavy atom. The number of aromatic amines is 1. The molecular formula is C13H13ClN4O2S2. The molecule has 1 aromatic carbocycles. The second-order valence-corrected chi connectivity index (χ2v) is 8.19. The molecule has 0 aliphatic heterocycles. The van der Waals surface area contributed by atoms with Crippen molar-refractivity contribution in [1.29, 1.82) is 0 Å². The van der Waals surface area contributed by atoms with Gasteiger partial charge in [-0.1, -0.05) is 11.6 Å². The monoisotopic (exact) mass is 356 g/mol. The number of halogens is 1. The highest BCUT2D eigenvalue weighted by Crippen LogP contribution is 2.36. The molecule has 22 heavy (non-hydrogen) atoms. The molecule has 9 heteroatoms. The molecule has 3 rings (SSSR count). The van der Waals surface area contributed by atoms with Gasteiger partial charge in [-0.25, -0.2) is 18.1 Å². The van der Waals surface area contributed by atoms with E-state index in [2.05, 4.69) is 19.9 Å². The maximum Gasteiger partial charge on any atom is 0.242 e. The average Bonchev–Trinajstić information content (AvgIpc) is 3.04. The molecule has 0 radical (unpaired) electrons. The van der Waals surface area contributed by atoms with Crippen LogP contribution in [0.4, 0.5) is 0 Å². The zero-order valence-corrected chi connectivity index (χ0v) is 14.2. The standard InChI is InChI=1S/C13H13ClN4O2S2/c1-7(13-15-6-16-17-13)18-22(19,20)12-8(2)21-11-4-3-9(14)5-10(11)12/h3-7,18H,1-2H3,(H,15,16,17). The average molecular weight is 357 g/mol. The Morgan fingerprint density at radius 2 is 2.18 bits per heavy atom. The molecule has 0 aliphatic rings. The van der Waals surface area contributed by atoms with E-state index < -0.39 is 16.1 Å². The van der Waals surface area contributed by atoms with Crippen LogP contribution in [0.15, 0.2) is 29.4 Å². The summed E-state index contributed by atoms with van der Waals surface area (Å²) in [5, 5.41) is 7.52. The summed E-state index contributed by atoms with van der Waals surface area (Å²) in [7, 11) is -3.70. The zero-order valence-electron chi connectivity index (χ0n) is 11.8. The van der Waals surface area contributed by atoms with Crippen molar-refractivity contribution in [2.75, 3.05) is 0 Å². The van der Waals surface area contributed by atoms with E-state index in [4.69, 9.17) is 11.6 Å². The molecule has 2 heterocycles. The minimum absolute atomic E-state index is 0.265. The molecule has 116 valence electrons. The van der Waals surface area contributed by atoms with E-state index in [0.717, 1.165) is 9.58 Å². The predicted octanol–water partition coefficient (Wildman–Crippen LogP) is 3.02. The van der Waals surface area contributed by atoms with E-state index in [1.807, 2.05) is 6.07 Å². The van der Waals surface area contributed by atoms with Crippen LogP contribution in [-0.2, 0) is 10.0 Å². The molecule has 0 amide bonds. The zero-order chi connectivity index (χ0) is 15.9. The van der Waals surface area contributed by atoms with Gasteiger partial charge in [-0.2, -0.15) is 5.10 Å². The summed E-state index contributed by atoms with van der Waals surface area (Å²) in [5.41, 5.74) is 0. The minimum Gasteiger partial charge on any atom is -0.262 e. The summed E-state index contributed by atoms with van der Waals surface area (Å²) < 4.78 is 29.0. The van der Waals surface area contributed by atoms with Crippen LogP contribution >= 0.6 is 22.9 Å². The Morgan fingerprint density at radius 1 is 1.41 bits per heavy atom. The van der Waals surface area contributed by atoms with E-state index in [1.54, 1.807) is 26.0 Å². The summed E-state index contributed by atoms with van der Waals surface area (Å²) in [5.74, 6) is 0.457. The third-order valence-electron chi connectivity index (χ3n) is 3.21. The molecule has 0 spiro atoms. The summed E-state index contributed by atoms with van der Waals surface area (Å²) in [6, 6.07) is 4.74. The molecule has 0 bridgehead atoms. The van der Waals surface area contributed by atoms with Gasteiger partial charge in [0.15, 0.2) is 0 Å². The van der Waals surface area contributed by atoms with Gasteiger partial charge in [0.1, 0.15) is 17.0 Å². The first-order valence-corrected chi connectivity index (χ1v) is 9.12. The SMILES string of the molecule is Cc1sc2ccc(Cl)cc2c1S(=O)(=O)NC(C)c1ncn[nH]1. The first kappa shape index (κ1) is 15.4. The van der Waals surface area contributed by atoms with Crippen molar-refractivity contribution in [3.8, 4) is 0 Å². The number of rotatable bonds is 4. The van der Waals surface area contributed by atoms with Crippen LogP contribution in [-0.4, -0.2) is 23.6 Å². The fraction of sp³-hybridized carbons (Fsp3) is 0.231. The summed E-state index contributed by atoms with van der Waals surface area (Å²) >= 11 is 7.43. The molecule has 0 saturated heterocycles. The molecule has 3 aromatic rings. The van der Waals surface area contributed by atoms with Gasteiger partial charge in [0.25, 0.3) is 0 Å². The Labute approximate surface area is 136 Å². The number of sulfonamides is 1. The minimum atomic E-state index is -3.70. The van der Waals surface area contributed by atoms with Crippen LogP contribution in [0.5, 0.6) is 0 Å². The fourth-order valence-electron chi connectivity index (χ4n) is 2.27. The fourth-order valence-corrected chi connectivity index (χ4v) is 5.44. The van der Waals surface area contributed by atoms with Gasteiger partial charge >= 0.3 is 0 Å².